The Kier molecular flexibility index (Phi) is 5.86. The minimum Gasteiger partial charge on any atom is -0.296 e. The van der Waals surface area contributed by atoms with Gasteiger partial charge in [0, 0.05) is 17.6 Å². The SMILES string of the molecule is CC.CC1CCCN1Cc1cccc(Cl)c1. The second kappa shape index (κ2) is 6.93. The zero-order chi connectivity index (χ0) is 12.0. The van der Waals surface area contributed by atoms with E-state index in [0.717, 1.165) is 17.6 Å². The molecule has 0 bridgehead atoms. The molecule has 1 saturated heterocycles. The Hall–Kier alpha value is -0.530. The van der Waals surface area contributed by atoms with Gasteiger partial charge in [0.15, 0.2) is 0 Å². The molecule has 1 nitrogen and oxygen atoms in total. The summed E-state index contributed by atoms with van der Waals surface area (Å²) >= 11 is 5.95. The lowest BCUT2D eigenvalue weighted by Crippen LogP contribution is -2.26. The van der Waals surface area contributed by atoms with Gasteiger partial charge in [0.25, 0.3) is 0 Å². The highest BCUT2D eigenvalue weighted by Gasteiger charge is 2.19. The molecule has 0 spiro atoms. The third-order valence-electron chi connectivity index (χ3n) is 2.97. The molecule has 0 amide bonds. The maximum absolute atomic E-state index is 5.95. The smallest absolute Gasteiger partial charge is 0.0409 e. The zero-order valence-corrected chi connectivity index (χ0v) is 11.3. The summed E-state index contributed by atoms with van der Waals surface area (Å²) in [6, 6.07) is 8.90. The van der Waals surface area contributed by atoms with Crippen LogP contribution in [0.4, 0.5) is 0 Å². The summed E-state index contributed by atoms with van der Waals surface area (Å²) in [5.74, 6) is 0. The molecule has 1 unspecified atom stereocenters. The quantitative estimate of drug-likeness (QED) is 0.742. The highest BCUT2D eigenvalue weighted by molar-refractivity contribution is 6.30. The normalized spacial score (nSPS) is 20.4. The molecule has 0 aliphatic carbocycles. The minimum atomic E-state index is 0.731. The topological polar surface area (TPSA) is 3.24 Å². The van der Waals surface area contributed by atoms with Crippen LogP contribution in [0.2, 0.25) is 5.02 Å². The predicted octanol–water partition coefficient (Wildman–Crippen LogP) is 4.35. The molecule has 1 aliphatic heterocycles. The van der Waals surface area contributed by atoms with E-state index < -0.39 is 0 Å². The van der Waals surface area contributed by atoms with Gasteiger partial charge in [-0.05, 0) is 44.0 Å². The first-order valence-corrected chi connectivity index (χ1v) is 6.62. The van der Waals surface area contributed by atoms with E-state index in [9.17, 15) is 0 Å². The highest BCUT2D eigenvalue weighted by Crippen LogP contribution is 2.20. The van der Waals surface area contributed by atoms with Crippen LogP contribution >= 0.6 is 11.6 Å². The Morgan fingerprint density at radius 3 is 2.69 bits per heavy atom. The number of halogens is 1. The van der Waals surface area contributed by atoms with Gasteiger partial charge in [0.1, 0.15) is 0 Å². The maximum atomic E-state index is 5.95. The van der Waals surface area contributed by atoms with Crippen molar-refractivity contribution in [1.82, 2.24) is 4.90 Å². The van der Waals surface area contributed by atoms with Crippen molar-refractivity contribution >= 4 is 11.6 Å². The lowest BCUT2D eigenvalue weighted by molar-refractivity contribution is 0.260. The molecule has 16 heavy (non-hydrogen) atoms. The van der Waals surface area contributed by atoms with Gasteiger partial charge in [-0.3, -0.25) is 4.90 Å². The lowest BCUT2D eigenvalue weighted by Gasteiger charge is -2.20. The summed E-state index contributed by atoms with van der Waals surface area (Å²) in [4.78, 5) is 2.52. The first kappa shape index (κ1) is 13.5. The van der Waals surface area contributed by atoms with Gasteiger partial charge in [-0.2, -0.15) is 0 Å². The third kappa shape index (κ3) is 3.80. The van der Waals surface area contributed by atoms with Crippen LogP contribution < -0.4 is 0 Å². The van der Waals surface area contributed by atoms with Crippen molar-refractivity contribution in [3.05, 3.63) is 34.9 Å². The maximum Gasteiger partial charge on any atom is 0.0409 e. The van der Waals surface area contributed by atoms with Crippen LogP contribution in [0.3, 0.4) is 0 Å². The van der Waals surface area contributed by atoms with Crippen LogP contribution in [0, 0.1) is 0 Å². The third-order valence-corrected chi connectivity index (χ3v) is 3.20. The summed E-state index contributed by atoms with van der Waals surface area (Å²) in [6.45, 7) is 8.58. The number of hydrogen-bond acceptors (Lipinski definition) is 1. The summed E-state index contributed by atoms with van der Waals surface area (Å²) < 4.78 is 0. The van der Waals surface area contributed by atoms with Gasteiger partial charge in [0.2, 0.25) is 0 Å². The van der Waals surface area contributed by atoms with Gasteiger partial charge in [-0.15, -0.1) is 0 Å². The number of likely N-dealkylation sites (tertiary alicyclic amines) is 1. The van der Waals surface area contributed by atoms with Crippen LogP contribution in [-0.4, -0.2) is 17.5 Å². The molecule has 1 aliphatic rings. The molecule has 0 saturated carbocycles. The van der Waals surface area contributed by atoms with E-state index in [1.54, 1.807) is 0 Å². The molecule has 1 heterocycles. The lowest BCUT2D eigenvalue weighted by atomic mass is 10.2. The van der Waals surface area contributed by atoms with Crippen LogP contribution in [0.1, 0.15) is 39.2 Å². The molecule has 1 atom stereocenters. The fourth-order valence-electron chi connectivity index (χ4n) is 2.10. The van der Waals surface area contributed by atoms with Crippen molar-refractivity contribution in [3.63, 3.8) is 0 Å². The van der Waals surface area contributed by atoms with Gasteiger partial charge in [-0.1, -0.05) is 37.6 Å². The second-order valence-corrected chi connectivity index (χ2v) is 4.53. The van der Waals surface area contributed by atoms with Crippen LogP contribution in [0.15, 0.2) is 24.3 Å². The Balaban J connectivity index is 0.000000606. The second-order valence-electron chi connectivity index (χ2n) is 4.09. The van der Waals surface area contributed by atoms with Crippen molar-refractivity contribution in [2.45, 2.75) is 46.2 Å². The number of hydrogen-bond donors (Lipinski definition) is 0. The summed E-state index contributed by atoms with van der Waals surface area (Å²) in [5.41, 5.74) is 1.33. The minimum absolute atomic E-state index is 0.731. The first-order chi connectivity index (χ1) is 7.75. The highest BCUT2D eigenvalue weighted by atomic mass is 35.5. The van der Waals surface area contributed by atoms with Crippen LogP contribution in [0.5, 0.6) is 0 Å². The molecule has 1 fully saturated rings. The van der Waals surface area contributed by atoms with Gasteiger partial charge < -0.3 is 0 Å². The number of rotatable bonds is 2. The predicted molar refractivity (Wildman–Crippen MR) is 71.9 cm³/mol. The average Bonchev–Trinajstić information content (AvgIpc) is 2.68. The van der Waals surface area contributed by atoms with Crippen molar-refractivity contribution in [3.8, 4) is 0 Å². The Morgan fingerprint density at radius 1 is 1.38 bits per heavy atom. The van der Waals surface area contributed by atoms with Crippen molar-refractivity contribution < 1.29 is 0 Å². The first-order valence-electron chi connectivity index (χ1n) is 6.24. The number of benzene rings is 1. The largest absolute Gasteiger partial charge is 0.296 e. The van der Waals surface area contributed by atoms with E-state index in [4.69, 9.17) is 11.6 Å². The molecule has 2 heteroatoms. The van der Waals surface area contributed by atoms with E-state index in [1.165, 1.54) is 24.9 Å². The van der Waals surface area contributed by atoms with Gasteiger partial charge >= 0.3 is 0 Å². The summed E-state index contributed by atoms with van der Waals surface area (Å²) in [7, 11) is 0. The fourth-order valence-corrected chi connectivity index (χ4v) is 2.31. The average molecular weight is 240 g/mol. The molecule has 90 valence electrons. The standard InChI is InChI=1S/C12H16ClN.C2H6/c1-10-4-3-7-14(10)9-11-5-2-6-12(13)8-11;1-2/h2,5-6,8,10H,3-4,7,9H2,1H3;1-2H3. The van der Waals surface area contributed by atoms with E-state index in [2.05, 4.69) is 24.0 Å². The fraction of sp³-hybridized carbons (Fsp3) is 0.571. The van der Waals surface area contributed by atoms with E-state index in [0.29, 0.717) is 0 Å². The zero-order valence-electron chi connectivity index (χ0n) is 10.5. The van der Waals surface area contributed by atoms with Crippen molar-refractivity contribution in [2.75, 3.05) is 6.54 Å². The Bertz CT molecular complexity index is 311. The molecule has 0 radical (unpaired) electrons. The molecule has 0 N–H and O–H groups in total. The van der Waals surface area contributed by atoms with Gasteiger partial charge in [0.05, 0.1) is 0 Å². The van der Waals surface area contributed by atoms with E-state index in [-0.39, 0.29) is 0 Å². The summed E-state index contributed by atoms with van der Waals surface area (Å²) in [5, 5.41) is 0.842. The van der Waals surface area contributed by atoms with Crippen LogP contribution in [0.25, 0.3) is 0 Å². The molecule has 1 aromatic rings. The Morgan fingerprint density at radius 2 is 2.12 bits per heavy atom. The molecule has 2 rings (SSSR count). The Labute approximate surface area is 104 Å². The monoisotopic (exact) mass is 239 g/mol. The molecule has 0 aromatic heterocycles. The van der Waals surface area contributed by atoms with Crippen LogP contribution in [-0.2, 0) is 6.54 Å². The molecular formula is C14H22ClN. The molecular weight excluding hydrogens is 218 g/mol. The number of nitrogens with zero attached hydrogens (tertiary/aromatic N) is 1. The summed E-state index contributed by atoms with van der Waals surface area (Å²) in [6.07, 6.45) is 2.67. The van der Waals surface area contributed by atoms with Crippen molar-refractivity contribution in [2.24, 2.45) is 0 Å². The van der Waals surface area contributed by atoms with Crippen molar-refractivity contribution in [1.29, 1.82) is 0 Å². The van der Waals surface area contributed by atoms with E-state index >= 15 is 0 Å². The van der Waals surface area contributed by atoms with Gasteiger partial charge in [-0.25, -0.2) is 0 Å². The van der Waals surface area contributed by atoms with E-state index in [1.807, 2.05) is 26.0 Å². The molecule has 1 aromatic carbocycles.